The van der Waals surface area contributed by atoms with Gasteiger partial charge in [0.1, 0.15) is 18.1 Å². The highest BCUT2D eigenvalue weighted by molar-refractivity contribution is 5.82. The van der Waals surface area contributed by atoms with Gasteiger partial charge in [-0.1, -0.05) is 45.0 Å². The number of ketones is 1. The average molecular weight is 458 g/mol. The summed E-state index contributed by atoms with van der Waals surface area (Å²) in [7, 11) is 0. The average Bonchev–Trinajstić information content (AvgIpc) is 3.64. The van der Waals surface area contributed by atoms with Crippen molar-refractivity contribution in [2.45, 2.75) is 78.7 Å². The summed E-state index contributed by atoms with van der Waals surface area (Å²) in [5, 5.41) is 9.59. The van der Waals surface area contributed by atoms with Crippen LogP contribution >= 0.6 is 0 Å². The van der Waals surface area contributed by atoms with Crippen molar-refractivity contribution in [3.63, 3.8) is 0 Å². The molecule has 1 fully saturated rings. The molecule has 184 valence electrons. The van der Waals surface area contributed by atoms with Gasteiger partial charge in [0.2, 0.25) is 5.91 Å². The monoisotopic (exact) mass is 457 g/mol. The molecule has 0 bridgehead atoms. The zero-order valence-corrected chi connectivity index (χ0v) is 21.0. The van der Waals surface area contributed by atoms with E-state index in [2.05, 4.69) is 61.0 Å². The maximum Gasteiger partial charge on any atom is 0.239 e. The van der Waals surface area contributed by atoms with Crippen molar-refractivity contribution < 1.29 is 14.3 Å². The molecular formula is C27H43N3O3. The predicted octanol–water partition coefficient (Wildman–Crippen LogP) is 3.93. The van der Waals surface area contributed by atoms with Crippen LogP contribution < -0.4 is 20.7 Å². The molecule has 0 heterocycles. The number of hydrogen-bond donors (Lipinski definition) is 3. The summed E-state index contributed by atoms with van der Waals surface area (Å²) in [6, 6.07) is 6.26. The zero-order chi connectivity index (χ0) is 24.1. The molecule has 1 aromatic carbocycles. The van der Waals surface area contributed by atoms with Crippen LogP contribution in [0.25, 0.3) is 0 Å². The van der Waals surface area contributed by atoms with Crippen LogP contribution in [0.5, 0.6) is 5.75 Å². The minimum atomic E-state index is -0.0292. The zero-order valence-electron chi connectivity index (χ0n) is 21.0. The van der Waals surface area contributed by atoms with Crippen LogP contribution in [0.15, 0.2) is 30.0 Å². The Hall–Kier alpha value is -2.34. The molecule has 1 aromatic rings. The van der Waals surface area contributed by atoms with Gasteiger partial charge >= 0.3 is 0 Å². The van der Waals surface area contributed by atoms with E-state index in [1.54, 1.807) is 6.92 Å². The molecule has 1 atom stereocenters. The van der Waals surface area contributed by atoms with Gasteiger partial charge in [0, 0.05) is 18.8 Å². The second-order valence-corrected chi connectivity index (χ2v) is 8.79. The molecule has 1 saturated carbocycles. The van der Waals surface area contributed by atoms with E-state index in [1.165, 1.54) is 11.1 Å². The fraction of sp³-hybridized carbons (Fsp3) is 0.630. The Morgan fingerprint density at radius 3 is 2.52 bits per heavy atom. The molecule has 0 aliphatic heterocycles. The predicted molar refractivity (Wildman–Crippen MR) is 135 cm³/mol. The van der Waals surface area contributed by atoms with Gasteiger partial charge in [0.25, 0.3) is 0 Å². The maximum absolute atomic E-state index is 12.1. The SMILES string of the molecule is CC/C=C(\CC)NCC(=O)NCCCc1cccc(CC)c1OCCNC(C(C)=O)C1CC1. The molecule has 0 spiro atoms. The highest BCUT2D eigenvalue weighted by atomic mass is 16.5. The Bertz CT molecular complexity index is 787. The largest absolute Gasteiger partial charge is 0.492 e. The summed E-state index contributed by atoms with van der Waals surface area (Å²) in [6.07, 6.45) is 8.88. The number of allylic oxidation sites excluding steroid dienone is 2. The molecule has 1 aliphatic rings. The number of rotatable bonds is 17. The number of nitrogens with one attached hydrogen (secondary N) is 3. The topological polar surface area (TPSA) is 79.5 Å². The van der Waals surface area contributed by atoms with Gasteiger partial charge in [-0.15, -0.1) is 0 Å². The number of amides is 1. The van der Waals surface area contributed by atoms with E-state index in [9.17, 15) is 9.59 Å². The van der Waals surface area contributed by atoms with Crippen molar-refractivity contribution in [1.82, 2.24) is 16.0 Å². The third kappa shape index (κ3) is 9.58. The van der Waals surface area contributed by atoms with E-state index in [0.717, 1.165) is 56.4 Å². The summed E-state index contributed by atoms with van der Waals surface area (Å²) < 4.78 is 6.19. The summed E-state index contributed by atoms with van der Waals surface area (Å²) in [6.45, 7) is 10.1. The van der Waals surface area contributed by atoms with Crippen LogP contribution in [-0.2, 0) is 22.4 Å². The lowest BCUT2D eigenvalue weighted by Gasteiger charge is -2.18. The highest BCUT2D eigenvalue weighted by Crippen LogP contribution is 2.33. The van der Waals surface area contributed by atoms with Gasteiger partial charge in [0.05, 0.1) is 12.6 Å². The first-order chi connectivity index (χ1) is 16.0. The van der Waals surface area contributed by atoms with Gasteiger partial charge in [0.15, 0.2) is 0 Å². The summed E-state index contributed by atoms with van der Waals surface area (Å²) in [4.78, 5) is 23.9. The molecule has 6 nitrogen and oxygen atoms in total. The first-order valence-corrected chi connectivity index (χ1v) is 12.7. The van der Waals surface area contributed by atoms with E-state index in [4.69, 9.17) is 4.74 Å². The Balaban J connectivity index is 1.78. The van der Waals surface area contributed by atoms with Crippen molar-refractivity contribution in [3.8, 4) is 5.75 Å². The number of carbonyl (C=O) groups is 2. The quantitative estimate of drug-likeness (QED) is 0.309. The van der Waals surface area contributed by atoms with E-state index in [0.29, 0.717) is 32.2 Å². The van der Waals surface area contributed by atoms with E-state index < -0.39 is 0 Å². The maximum atomic E-state index is 12.1. The number of benzene rings is 1. The standard InChI is InChI=1S/C27H43N3O3/c1-5-10-24(7-3)30-19-25(32)28-16-9-13-23-12-8-11-21(6-2)27(23)33-18-17-29-26(20(4)31)22-14-15-22/h8,10-12,22,26,29-30H,5-7,9,13-19H2,1-4H3,(H,28,32)/b24-10+. The van der Waals surface area contributed by atoms with Crippen LogP contribution in [-0.4, -0.2) is 44.0 Å². The minimum Gasteiger partial charge on any atom is -0.492 e. The lowest BCUT2D eigenvalue weighted by Crippen LogP contribution is -2.39. The number of hydrogen-bond acceptors (Lipinski definition) is 5. The Morgan fingerprint density at radius 2 is 1.88 bits per heavy atom. The molecule has 1 unspecified atom stereocenters. The first-order valence-electron chi connectivity index (χ1n) is 12.7. The molecule has 33 heavy (non-hydrogen) atoms. The van der Waals surface area contributed by atoms with Gasteiger partial charge in [-0.25, -0.2) is 0 Å². The third-order valence-corrected chi connectivity index (χ3v) is 6.06. The van der Waals surface area contributed by atoms with Gasteiger partial charge in [-0.05, 0) is 68.9 Å². The van der Waals surface area contributed by atoms with Crippen LogP contribution in [0.4, 0.5) is 0 Å². The van der Waals surface area contributed by atoms with E-state index >= 15 is 0 Å². The molecular weight excluding hydrogens is 414 g/mol. The van der Waals surface area contributed by atoms with Crippen molar-refractivity contribution in [2.24, 2.45) is 5.92 Å². The summed E-state index contributed by atoms with van der Waals surface area (Å²) >= 11 is 0. The Kier molecular flexibility index (Phi) is 12.0. The second-order valence-electron chi connectivity index (χ2n) is 8.79. The van der Waals surface area contributed by atoms with Crippen LogP contribution in [0.3, 0.4) is 0 Å². The lowest BCUT2D eigenvalue weighted by atomic mass is 10.0. The molecule has 0 saturated heterocycles. The van der Waals surface area contributed by atoms with E-state index in [1.807, 2.05) is 0 Å². The summed E-state index contributed by atoms with van der Waals surface area (Å²) in [5.74, 6) is 1.70. The smallest absolute Gasteiger partial charge is 0.239 e. The number of ether oxygens (including phenoxy) is 1. The highest BCUT2D eigenvalue weighted by Gasteiger charge is 2.33. The number of Topliss-reactive ketones (excluding diaryl/α,β-unsaturated/α-hetero) is 1. The number of para-hydroxylation sites is 1. The summed E-state index contributed by atoms with van der Waals surface area (Å²) in [5.41, 5.74) is 3.49. The van der Waals surface area contributed by atoms with Gasteiger partial charge in [-0.2, -0.15) is 0 Å². The van der Waals surface area contributed by atoms with Crippen molar-refractivity contribution >= 4 is 11.7 Å². The molecule has 2 rings (SSSR count). The van der Waals surface area contributed by atoms with Crippen LogP contribution in [0.1, 0.15) is 70.9 Å². The molecule has 3 N–H and O–H groups in total. The van der Waals surface area contributed by atoms with Crippen molar-refractivity contribution in [2.75, 3.05) is 26.2 Å². The van der Waals surface area contributed by atoms with Crippen LogP contribution in [0, 0.1) is 5.92 Å². The normalized spacial score (nSPS) is 14.6. The Labute approximate surface area is 199 Å². The molecule has 6 heteroatoms. The molecule has 1 aliphatic carbocycles. The first kappa shape index (κ1) is 26.9. The van der Waals surface area contributed by atoms with Crippen molar-refractivity contribution in [1.29, 1.82) is 0 Å². The van der Waals surface area contributed by atoms with Gasteiger partial charge in [-0.3, -0.25) is 9.59 Å². The Morgan fingerprint density at radius 1 is 1.12 bits per heavy atom. The van der Waals surface area contributed by atoms with Crippen molar-refractivity contribution in [3.05, 3.63) is 41.1 Å². The lowest BCUT2D eigenvalue weighted by molar-refractivity contribution is -0.120. The second kappa shape index (κ2) is 14.7. The fourth-order valence-electron chi connectivity index (χ4n) is 4.09. The fourth-order valence-corrected chi connectivity index (χ4v) is 4.09. The van der Waals surface area contributed by atoms with Gasteiger partial charge < -0.3 is 20.7 Å². The number of aryl methyl sites for hydroxylation is 2. The molecule has 0 radical (unpaired) electrons. The third-order valence-electron chi connectivity index (χ3n) is 6.06. The molecule has 1 amide bonds. The minimum absolute atomic E-state index is 0.0194. The van der Waals surface area contributed by atoms with E-state index in [-0.39, 0.29) is 17.7 Å². The number of carbonyl (C=O) groups excluding carboxylic acids is 2. The van der Waals surface area contributed by atoms with Crippen LogP contribution in [0.2, 0.25) is 0 Å². The molecule has 0 aromatic heterocycles.